The van der Waals surface area contributed by atoms with E-state index in [4.69, 9.17) is 5.11 Å². The van der Waals surface area contributed by atoms with Crippen LogP contribution in [0.4, 0.5) is 0 Å². The first kappa shape index (κ1) is 9.26. The molecule has 0 bridgehead atoms. The molecule has 0 aliphatic heterocycles. The van der Waals surface area contributed by atoms with Gasteiger partial charge < -0.3 is 10.2 Å². The maximum absolute atomic E-state index is 10.6. The van der Waals surface area contributed by atoms with Crippen LogP contribution in [0.3, 0.4) is 0 Å². The smallest absolute Gasteiger partial charge is 0.331 e. The molecule has 1 unspecified atom stereocenters. The van der Waals surface area contributed by atoms with Gasteiger partial charge in [-0.2, -0.15) is 0 Å². The monoisotopic (exact) mass is 170 g/mol. The molecule has 1 rings (SSSR count). The van der Waals surface area contributed by atoms with Crippen LogP contribution in [-0.2, 0) is 4.79 Å². The lowest BCUT2D eigenvalue weighted by Gasteiger charge is -2.29. The summed E-state index contributed by atoms with van der Waals surface area (Å²) in [6, 6.07) is 0. The molecule has 2 N–H and O–H groups in total. The van der Waals surface area contributed by atoms with Crippen LogP contribution in [-0.4, -0.2) is 21.8 Å². The maximum Gasteiger partial charge on any atom is 0.331 e. The fourth-order valence-electron chi connectivity index (χ4n) is 1.66. The second kappa shape index (κ2) is 2.90. The van der Waals surface area contributed by atoms with Crippen LogP contribution in [0.15, 0.2) is 11.1 Å². The predicted molar refractivity (Wildman–Crippen MR) is 44.8 cm³/mol. The summed E-state index contributed by atoms with van der Waals surface area (Å²) in [4.78, 5) is 10.6. The quantitative estimate of drug-likeness (QED) is 0.624. The Balaban J connectivity index is 2.85. The lowest BCUT2D eigenvalue weighted by molar-refractivity contribution is -0.133. The molecule has 0 saturated heterocycles. The first-order chi connectivity index (χ1) is 5.42. The number of rotatable bonds is 1. The number of hydrogen-bond acceptors (Lipinski definition) is 2. The van der Waals surface area contributed by atoms with Gasteiger partial charge in [-0.1, -0.05) is 5.57 Å². The third-order valence-electron chi connectivity index (χ3n) is 2.33. The maximum atomic E-state index is 10.6. The van der Waals surface area contributed by atoms with Crippen molar-refractivity contribution in [3.05, 3.63) is 11.1 Å². The Labute approximate surface area is 71.7 Å². The molecule has 12 heavy (non-hydrogen) atoms. The minimum absolute atomic E-state index is 0.474. The van der Waals surface area contributed by atoms with Crippen LogP contribution in [0.5, 0.6) is 0 Å². The summed E-state index contributed by atoms with van der Waals surface area (Å²) >= 11 is 0. The highest BCUT2D eigenvalue weighted by molar-refractivity contribution is 5.87. The predicted octanol–water partition coefficient (Wildman–Crippen LogP) is 1.32. The minimum Gasteiger partial charge on any atom is -0.478 e. The van der Waals surface area contributed by atoms with Gasteiger partial charge in [0.1, 0.15) is 0 Å². The molecule has 1 atom stereocenters. The van der Waals surface area contributed by atoms with Gasteiger partial charge in [-0.25, -0.2) is 4.79 Å². The molecule has 3 nitrogen and oxygen atoms in total. The van der Waals surface area contributed by atoms with Crippen molar-refractivity contribution < 1.29 is 15.0 Å². The van der Waals surface area contributed by atoms with E-state index in [9.17, 15) is 9.90 Å². The number of carbonyl (C=O) groups is 1. The fourth-order valence-corrected chi connectivity index (χ4v) is 1.66. The summed E-state index contributed by atoms with van der Waals surface area (Å²) < 4.78 is 0. The van der Waals surface area contributed by atoms with E-state index in [1.807, 2.05) is 0 Å². The second-order valence-corrected chi connectivity index (χ2v) is 3.74. The standard InChI is InChI=1S/C9H14O3/c1-6-5-9(2,12)4-3-7(6)8(10)11/h12H,3-5H2,1-2H3,(H,10,11). The zero-order chi connectivity index (χ0) is 9.35. The van der Waals surface area contributed by atoms with Gasteiger partial charge in [0.2, 0.25) is 0 Å². The van der Waals surface area contributed by atoms with Gasteiger partial charge in [-0.15, -0.1) is 0 Å². The van der Waals surface area contributed by atoms with Crippen LogP contribution < -0.4 is 0 Å². The van der Waals surface area contributed by atoms with Crippen molar-refractivity contribution >= 4 is 5.97 Å². The van der Waals surface area contributed by atoms with Crippen molar-refractivity contribution in [2.24, 2.45) is 0 Å². The van der Waals surface area contributed by atoms with E-state index in [1.54, 1.807) is 13.8 Å². The molecular formula is C9H14O3. The summed E-state index contributed by atoms with van der Waals surface area (Å²) in [5.74, 6) is -0.844. The topological polar surface area (TPSA) is 57.5 Å². The molecule has 0 aromatic carbocycles. The Hall–Kier alpha value is -0.830. The normalized spacial score (nSPS) is 30.6. The van der Waals surface area contributed by atoms with E-state index in [0.717, 1.165) is 5.57 Å². The Morgan fingerprint density at radius 1 is 1.58 bits per heavy atom. The molecule has 1 aliphatic rings. The van der Waals surface area contributed by atoms with Crippen LogP contribution in [0, 0.1) is 0 Å². The highest BCUT2D eigenvalue weighted by atomic mass is 16.4. The molecule has 0 spiro atoms. The Kier molecular flexibility index (Phi) is 2.24. The highest BCUT2D eigenvalue weighted by Gasteiger charge is 2.29. The molecular weight excluding hydrogens is 156 g/mol. The Bertz CT molecular complexity index is 238. The minimum atomic E-state index is -0.844. The van der Waals surface area contributed by atoms with Gasteiger partial charge >= 0.3 is 5.97 Å². The Morgan fingerprint density at radius 2 is 2.17 bits per heavy atom. The van der Waals surface area contributed by atoms with Crippen LogP contribution in [0.1, 0.15) is 33.1 Å². The molecule has 68 valence electrons. The largest absolute Gasteiger partial charge is 0.478 e. The van der Waals surface area contributed by atoms with Gasteiger partial charge in [0.25, 0.3) is 0 Å². The summed E-state index contributed by atoms with van der Waals surface area (Å²) in [6.45, 7) is 3.52. The SMILES string of the molecule is CC1=C(C(=O)O)CCC(C)(O)C1. The number of hydrogen-bond donors (Lipinski definition) is 2. The van der Waals surface area contributed by atoms with Crippen molar-refractivity contribution in [3.63, 3.8) is 0 Å². The summed E-state index contributed by atoms with van der Waals surface area (Å²) in [5, 5.41) is 18.4. The molecule has 0 amide bonds. The number of aliphatic carboxylic acids is 1. The average molecular weight is 170 g/mol. The number of carboxylic acid groups (broad SMARTS) is 1. The van der Waals surface area contributed by atoms with Crippen LogP contribution >= 0.6 is 0 Å². The van der Waals surface area contributed by atoms with E-state index in [1.165, 1.54) is 0 Å². The van der Waals surface area contributed by atoms with E-state index in [0.29, 0.717) is 24.8 Å². The summed E-state index contributed by atoms with van der Waals surface area (Å²) in [7, 11) is 0. The molecule has 0 radical (unpaired) electrons. The Morgan fingerprint density at radius 3 is 2.58 bits per heavy atom. The molecule has 0 saturated carbocycles. The molecule has 3 heteroatoms. The zero-order valence-electron chi connectivity index (χ0n) is 7.42. The number of carboxylic acids is 1. The van der Waals surface area contributed by atoms with E-state index < -0.39 is 11.6 Å². The molecule has 0 aromatic rings. The lowest BCUT2D eigenvalue weighted by Crippen LogP contribution is -2.29. The molecule has 1 aliphatic carbocycles. The molecule has 0 aromatic heterocycles. The fraction of sp³-hybridized carbons (Fsp3) is 0.667. The van der Waals surface area contributed by atoms with Crippen LogP contribution in [0.25, 0.3) is 0 Å². The molecule has 0 heterocycles. The van der Waals surface area contributed by atoms with Crippen molar-refractivity contribution in [2.45, 2.75) is 38.7 Å². The highest BCUT2D eigenvalue weighted by Crippen LogP contribution is 2.31. The summed E-state index contributed by atoms with van der Waals surface area (Å²) in [5.41, 5.74) is 0.573. The van der Waals surface area contributed by atoms with E-state index in [2.05, 4.69) is 0 Å². The third kappa shape index (κ3) is 1.85. The molecule has 0 fully saturated rings. The van der Waals surface area contributed by atoms with Gasteiger partial charge in [0, 0.05) is 5.57 Å². The van der Waals surface area contributed by atoms with Gasteiger partial charge in [0.05, 0.1) is 5.60 Å². The van der Waals surface area contributed by atoms with E-state index >= 15 is 0 Å². The van der Waals surface area contributed by atoms with Crippen molar-refractivity contribution in [1.82, 2.24) is 0 Å². The van der Waals surface area contributed by atoms with Crippen LogP contribution in [0.2, 0.25) is 0 Å². The first-order valence-corrected chi connectivity index (χ1v) is 4.07. The van der Waals surface area contributed by atoms with E-state index in [-0.39, 0.29) is 0 Å². The lowest BCUT2D eigenvalue weighted by atomic mass is 9.82. The van der Waals surface area contributed by atoms with Crippen molar-refractivity contribution in [3.8, 4) is 0 Å². The number of aliphatic hydroxyl groups is 1. The zero-order valence-corrected chi connectivity index (χ0v) is 7.42. The van der Waals surface area contributed by atoms with Crippen molar-refractivity contribution in [1.29, 1.82) is 0 Å². The van der Waals surface area contributed by atoms with Gasteiger partial charge in [-0.05, 0) is 33.1 Å². The summed E-state index contributed by atoms with van der Waals surface area (Å²) in [6.07, 6.45) is 1.51. The van der Waals surface area contributed by atoms with Gasteiger partial charge in [0.15, 0.2) is 0 Å². The van der Waals surface area contributed by atoms with Gasteiger partial charge in [-0.3, -0.25) is 0 Å². The first-order valence-electron chi connectivity index (χ1n) is 4.07. The third-order valence-corrected chi connectivity index (χ3v) is 2.33. The van der Waals surface area contributed by atoms with Crippen molar-refractivity contribution in [2.75, 3.05) is 0 Å². The average Bonchev–Trinajstić information content (AvgIpc) is 1.83. The second-order valence-electron chi connectivity index (χ2n) is 3.74.